The van der Waals surface area contributed by atoms with E-state index in [-0.39, 0.29) is 0 Å². The highest BCUT2D eigenvalue weighted by Gasteiger charge is 1.86. The minimum Gasteiger partial charge on any atom is -0.0953 e. The van der Waals surface area contributed by atoms with Gasteiger partial charge in [0.05, 0.1) is 0 Å². The molecule has 3 heteroatoms. The summed E-state index contributed by atoms with van der Waals surface area (Å²) in [5.41, 5.74) is 0. The first-order valence-corrected chi connectivity index (χ1v) is 8.37. The van der Waals surface area contributed by atoms with Gasteiger partial charge in [-0.05, 0) is 20.0 Å². The Morgan fingerprint density at radius 3 is 1.50 bits per heavy atom. The summed E-state index contributed by atoms with van der Waals surface area (Å²) in [5.74, 6) is 0. The van der Waals surface area contributed by atoms with E-state index in [9.17, 15) is 0 Å². The van der Waals surface area contributed by atoms with Crippen molar-refractivity contribution in [1.29, 1.82) is 0 Å². The fourth-order valence-corrected chi connectivity index (χ4v) is 3.02. The van der Waals surface area contributed by atoms with Gasteiger partial charge in [0, 0.05) is 0 Å². The molecule has 0 nitrogen and oxygen atoms in total. The summed E-state index contributed by atoms with van der Waals surface area (Å²) < 4.78 is 0. The van der Waals surface area contributed by atoms with Crippen LogP contribution >= 0.6 is 23.8 Å². The summed E-state index contributed by atoms with van der Waals surface area (Å²) >= 11 is 0. The van der Waals surface area contributed by atoms with Crippen LogP contribution in [-0.4, -0.2) is 20.0 Å². The Morgan fingerprint density at radius 1 is 1.17 bits per heavy atom. The van der Waals surface area contributed by atoms with E-state index < -0.39 is 0 Å². The van der Waals surface area contributed by atoms with Gasteiger partial charge in [-0.1, -0.05) is 23.8 Å². The number of hydrogen-bond acceptors (Lipinski definition) is 0. The van der Waals surface area contributed by atoms with Crippen LogP contribution in [0.3, 0.4) is 0 Å². The zero-order valence-corrected chi connectivity index (χ0v) is 7.34. The van der Waals surface area contributed by atoms with E-state index in [1.165, 1.54) is 16.5 Å². The van der Waals surface area contributed by atoms with Crippen LogP contribution in [-0.2, 0) is 0 Å². The molecule has 0 aromatic rings. The van der Waals surface area contributed by atoms with Crippen molar-refractivity contribution in [2.45, 2.75) is 0 Å². The average Bonchev–Trinajstić information content (AvgIpc) is 1.65. The maximum absolute atomic E-state index is 2.37. The average molecular weight is 140 g/mol. The highest BCUT2D eigenvalue weighted by Crippen LogP contribution is 2.63. The van der Waals surface area contributed by atoms with Gasteiger partial charge < -0.3 is 0 Å². The first-order valence-electron chi connectivity index (χ1n) is 1.89. The lowest BCUT2D eigenvalue weighted by Gasteiger charge is -2.00. The summed E-state index contributed by atoms with van der Waals surface area (Å²) in [4.78, 5) is 0. The Labute approximate surface area is 44.6 Å². The monoisotopic (exact) mass is 140 g/mol. The lowest BCUT2D eigenvalue weighted by atomic mass is 12.0. The third-order valence-corrected chi connectivity index (χ3v) is 10.1. The molecule has 0 fully saturated rings. The van der Waals surface area contributed by atoms with Crippen molar-refractivity contribution in [3.63, 3.8) is 0 Å². The molecular formula is C3H11P3. The molecule has 0 N–H and O–H groups in total. The van der Waals surface area contributed by atoms with E-state index >= 15 is 0 Å². The van der Waals surface area contributed by atoms with Gasteiger partial charge in [0.1, 0.15) is 0 Å². The minimum absolute atomic E-state index is 0.479. The first kappa shape index (κ1) is 7.29. The molecule has 0 heterocycles. The van der Waals surface area contributed by atoms with Crippen LogP contribution in [0.15, 0.2) is 0 Å². The van der Waals surface area contributed by atoms with Crippen LogP contribution in [0.25, 0.3) is 0 Å². The zero-order chi connectivity index (χ0) is 4.99. The standard InChI is InChI=1S/C3H11P3/c1-4-6(3)5-2/h4-5H,1-3H3. The van der Waals surface area contributed by atoms with Crippen molar-refractivity contribution in [3.05, 3.63) is 0 Å². The molecule has 0 amide bonds. The second-order valence-corrected chi connectivity index (χ2v) is 11.1. The van der Waals surface area contributed by atoms with Gasteiger partial charge >= 0.3 is 0 Å². The molecule has 0 aliphatic carbocycles. The maximum atomic E-state index is 2.37. The summed E-state index contributed by atoms with van der Waals surface area (Å²) in [6.07, 6.45) is 0. The smallest absolute Gasteiger partial charge is 0.0371 e. The molecule has 0 aliphatic heterocycles. The molecule has 0 spiro atoms. The first-order chi connectivity index (χ1) is 2.81. The molecular weight excluding hydrogens is 129 g/mol. The predicted molar refractivity (Wildman–Crippen MR) is 41.3 cm³/mol. The van der Waals surface area contributed by atoms with Gasteiger partial charge in [-0.3, -0.25) is 0 Å². The molecule has 0 aromatic carbocycles. The van der Waals surface area contributed by atoms with Gasteiger partial charge in [-0.15, -0.1) is 0 Å². The molecule has 0 radical (unpaired) electrons. The van der Waals surface area contributed by atoms with Crippen molar-refractivity contribution >= 4 is 23.8 Å². The molecule has 2 atom stereocenters. The molecule has 0 saturated carbocycles. The lowest BCUT2D eigenvalue weighted by molar-refractivity contribution is 2.43. The Balaban J connectivity index is 2.75. The number of hydrogen-bond donors (Lipinski definition) is 0. The van der Waals surface area contributed by atoms with Crippen molar-refractivity contribution < 1.29 is 0 Å². The van der Waals surface area contributed by atoms with Crippen molar-refractivity contribution in [1.82, 2.24) is 0 Å². The molecule has 6 heavy (non-hydrogen) atoms. The zero-order valence-electron chi connectivity index (χ0n) is 4.45. The molecule has 0 aromatic heterocycles. The highest BCUT2D eigenvalue weighted by molar-refractivity contribution is 8.51. The van der Waals surface area contributed by atoms with Crippen LogP contribution in [0.1, 0.15) is 0 Å². The van der Waals surface area contributed by atoms with Crippen LogP contribution in [0.4, 0.5) is 0 Å². The maximum Gasteiger partial charge on any atom is -0.0371 e. The molecule has 38 valence electrons. The van der Waals surface area contributed by atoms with E-state index in [1.54, 1.807) is 0 Å². The third kappa shape index (κ3) is 3.48. The van der Waals surface area contributed by atoms with E-state index in [0.717, 1.165) is 0 Å². The van der Waals surface area contributed by atoms with Gasteiger partial charge in [0.25, 0.3) is 0 Å². The van der Waals surface area contributed by atoms with Crippen LogP contribution in [0.5, 0.6) is 0 Å². The van der Waals surface area contributed by atoms with Crippen LogP contribution in [0, 0.1) is 0 Å². The van der Waals surface area contributed by atoms with Gasteiger partial charge in [-0.2, -0.15) is 0 Å². The summed E-state index contributed by atoms with van der Waals surface area (Å²) in [6, 6.07) is 0. The van der Waals surface area contributed by atoms with E-state index in [4.69, 9.17) is 0 Å². The molecule has 0 saturated heterocycles. The second kappa shape index (κ2) is 4.45. The SMILES string of the molecule is CPP(C)PC. The molecule has 0 aliphatic rings. The van der Waals surface area contributed by atoms with E-state index in [2.05, 4.69) is 20.0 Å². The Bertz CT molecular complexity index is 25.2. The van der Waals surface area contributed by atoms with Crippen molar-refractivity contribution in [2.75, 3.05) is 20.0 Å². The minimum atomic E-state index is 0.479. The fourth-order valence-electron chi connectivity index (χ4n) is 0.112. The molecule has 2 unspecified atom stereocenters. The fraction of sp³-hybridized carbons (Fsp3) is 1.00. The summed E-state index contributed by atoms with van der Waals surface area (Å²) in [5, 5.41) is 0. The Hall–Kier alpha value is 1.29. The topological polar surface area (TPSA) is 0 Å². The van der Waals surface area contributed by atoms with Crippen LogP contribution in [0.2, 0.25) is 0 Å². The summed E-state index contributed by atoms with van der Waals surface area (Å²) in [6.45, 7) is 6.95. The lowest BCUT2D eigenvalue weighted by Crippen LogP contribution is -1.39. The Morgan fingerprint density at radius 2 is 1.50 bits per heavy atom. The van der Waals surface area contributed by atoms with E-state index in [1.807, 2.05) is 0 Å². The largest absolute Gasteiger partial charge is 0.0953 e. The molecule has 0 rings (SSSR count). The number of rotatable bonds is 2. The summed E-state index contributed by atoms with van der Waals surface area (Å²) in [7, 11) is 2.90. The van der Waals surface area contributed by atoms with Crippen molar-refractivity contribution in [2.24, 2.45) is 0 Å². The van der Waals surface area contributed by atoms with Gasteiger partial charge in [-0.25, -0.2) is 0 Å². The third-order valence-electron chi connectivity index (χ3n) is 0.671. The highest BCUT2D eigenvalue weighted by atomic mass is 32.4. The second-order valence-electron chi connectivity index (χ2n) is 1.01. The quantitative estimate of drug-likeness (QED) is 0.517. The van der Waals surface area contributed by atoms with Gasteiger partial charge in [0.15, 0.2) is 0 Å². The van der Waals surface area contributed by atoms with Crippen LogP contribution < -0.4 is 0 Å². The van der Waals surface area contributed by atoms with E-state index in [0.29, 0.717) is 7.30 Å². The van der Waals surface area contributed by atoms with Crippen molar-refractivity contribution in [3.8, 4) is 0 Å². The molecule has 0 bridgehead atoms. The Kier molecular flexibility index (Phi) is 5.41. The predicted octanol–water partition coefficient (Wildman–Crippen LogP) is 2.54. The normalized spacial score (nSPS) is 18.5. The van der Waals surface area contributed by atoms with Gasteiger partial charge in [0.2, 0.25) is 0 Å².